The molecule has 0 aliphatic heterocycles. The van der Waals surface area contributed by atoms with Crippen LogP contribution >= 0.6 is 0 Å². The van der Waals surface area contributed by atoms with Crippen molar-refractivity contribution in [1.82, 2.24) is 4.90 Å². The molecule has 1 amide bonds. The lowest BCUT2D eigenvalue weighted by atomic mass is 10.0. The summed E-state index contributed by atoms with van der Waals surface area (Å²) < 4.78 is 5.03. The van der Waals surface area contributed by atoms with Crippen LogP contribution < -0.4 is 0 Å². The molecule has 0 radical (unpaired) electrons. The van der Waals surface area contributed by atoms with Gasteiger partial charge < -0.3 is 14.7 Å². The second-order valence-corrected chi connectivity index (χ2v) is 4.26. The SMILES string of the molecule is CCCN(C=O)C(C(=O)O)c1cccc(COC)c1. The molecule has 0 bridgehead atoms. The molecule has 1 rings (SSSR count). The highest BCUT2D eigenvalue weighted by Gasteiger charge is 2.26. The van der Waals surface area contributed by atoms with E-state index in [0.29, 0.717) is 31.5 Å². The molecule has 0 aliphatic rings. The van der Waals surface area contributed by atoms with E-state index in [-0.39, 0.29) is 0 Å². The van der Waals surface area contributed by atoms with Gasteiger partial charge in [-0.15, -0.1) is 0 Å². The lowest BCUT2D eigenvalue weighted by Gasteiger charge is -2.25. The average Bonchev–Trinajstić information content (AvgIpc) is 2.38. The molecule has 19 heavy (non-hydrogen) atoms. The fourth-order valence-corrected chi connectivity index (χ4v) is 2.00. The zero-order valence-corrected chi connectivity index (χ0v) is 11.2. The Bertz CT molecular complexity index is 433. The predicted molar refractivity (Wildman–Crippen MR) is 70.6 cm³/mol. The first-order valence-corrected chi connectivity index (χ1v) is 6.15. The summed E-state index contributed by atoms with van der Waals surface area (Å²) in [4.78, 5) is 23.8. The van der Waals surface area contributed by atoms with Crippen molar-refractivity contribution in [1.29, 1.82) is 0 Å². The number of hydrogen-bond acceptors (Lipinski definition) is 3. The number of aliphatic carboxylic acids is 1. The summed E-state index contributed by atoms with van der Waals surface area (Å²) in [6, 6.07) is 6.15. The van der Waals surface area contributed by atoms with Crippen molar-refractivity contribution in [2.75, 3.05) is 13.7 Å². The van der Waals surface area contributed by atoms with Crippen molar-refractivity contribution < 1.29 is 19.4 Å². The smallest absolute Gasteiger partial charge is 0.331 e. The molecule has 5 nitrogen and oxygen atoms in total. The molecule has 104 valence electrons. The Hall–Kier alpha value is -1.88. The Kier molecular flexibility index (Phi) is 6.02. The lowest BCUT2D eigenvalue weighted by Crippen LogP contribution is -2.33. The van der Waals surface area contributed by atoms with Crippen LogP contribution in [0.25, 0.3) is 0 Å². The quantitative estimate of drug-likeness (QED) is 0.728. The van der Waals surface area contributed by atoms with Crippen LogP contribution in [0.3, 0.4) is 0 Å². The van der Waals surface area contributed by atoms with Crippen LogP contribution in [0.4, 0.5) is 0 Å². The van der Waals surface area contributed by atoms with Crippen LogP contribution in [0.2, 0.25) is 0 Å². The van der Waals surface area contributed by atoms with Gasteiger partial charge in [0.25, 0.3) is 0 Å². The van der Waals surface area contributed by atoms with E-state index < -0.39 is 12.0 Å². The number of nitrogens with zero attached hydrogens (tertiary/aromatic N) is 1. The normalized spacial score (nSPS) is 11.9. The molecule has 5 heteroatoms. The Morgan fingerprint density at radius 3 is 2.79 bits per heavy atom. The van der Waals surface area contributed by atoms with Gasteiger partial charge in [-0.25, -0.2) is 4.79 Å². The van der Waals surface area contributed by atoms with Gasteiger partial charge in [0.1, 0.15) is 0 Å². The number of carbonyl (C=O) groups is 2. The maximum Gasteiger partial charge on any atom is 0.331 e. The largest absolute Gasteiger partial charge is 0.479 e. The number of carboxylic acids is 1. The van der Waals surface area contributed by atoms with E-state index >= 15 is 0 Å². The fourth-order valence-electron chi connectivity index (χ4n) is 2.00. The Morgan fingerprint density at radius 1 is 1.53 bits per heavy atom. The first-order valence-electron chi connectivity index (χ1n) is 6.15. The van der Waals surface area contributed by atoms with Gasteiger partial charge in [-0.05, 0) is 17.5 Å². The summed E-state index contributed by atoms with van der Waals surface area (Å²) in [5, 5.41) is 9.34. The zero-order valence-electron chi connectivity index (χ0n) is 11.2. The minimum Gasteiger partial charge on any atom is -0.479 e. The van der Waals surface area contributed by atoms with E-state index in [1.807, 2.05) is 13.0 Å². The predicted octanol–water partition coefficient (Wildman–Crippen LogP) is 1.83. The van der Waals surface area contributed by atoms with Gasteiger partial charge in [-0.3, -0.25) is 4.79 Å². The van der Waals surface area contributed by atoms with Crippen molar-refractivity contribution >= 4 is 12.4 Å². The van der Waals surface area contributed by atoms with Crippen molar-refractivity contribution in [2.24, 2.45) is 0 Å². The number of benzene rings is 1. The first kappa shape index (κ1) is 15.2. The third-order valence-electron chi connectivity index (χ3n) is 2.76. The van der Waals surface area contributed by atoms with Crippen molar-refractivity contribution in [3.8, 4) is 0 Å². The zero-order chi connectivity index (χ0) is 14.3. The minimum atomic E-state index is -1.03. The highest BCUT2D eigenvalue weighted by Crippen LogP contribution is 2.21. The van der Waals surface area contributed by atoms with E-state index in [1.54, 1.807) is 25.3 Å². The molecule has 1 atom stereocenters. The number of methoxy groups -OCH3 is 1. The van der Waals surface area contributed by atoms with Crippen LogP contribution in [0.15, 0.2) is 24.3 Å². The number of hydrogen-bond donors (Lipinski definition) is 1. The molecule has 0 saturated carbocycles. The van der Waals surface area contributed by atoms with Gasteiger partial charge >= 0.3 is 5.97 Å². The number of ether oxygens (including phenoxy) is 1. The lowest BCUT2D eigenvalue weighted by molar-refractivity contribution is -0.146. The molecular weight excluding hydrogens is 246 g/mol. The molecule has 0 aliphatic carbocycles. The van der Waals surface area contributed by atoms with Crippen LogP contribution in [0.1, 0.15) is 30.5 Å². The molecule has 0 spiro atoms. The third-order valence-corrected chi connectivity index (χ3v) is 2.76. The Balaban J connectivity index is 3.07. The van der Waals surface area contributed by atoms with Crippen LogP contribution in [-0.2, 0) is 20.9 Å². The monoisotopic (exact) mass is 265 g/mol. The molecule has 1 aromatic rings. The molecule has 0 aromatic heterocycles. The number of carbonyl (C=O) groups excluding carboxylic acids is 1. The van der Waals surface area contributed by atoms with E-state index in [2.05, 4.69) is 0 Å². The van der Waals surface area contributed by atoms with Crippen molar-refractivity contribution in [2.45, 2.75) is 26.0 Å². The van der Waals surface area contributed by atoms with Gasteiger partial charge in [0, 0.05) is 13.7 Å². The molecule has 1 unspecified atom stereocenters. The van der Waals surface area contributed by atoms with Gasteiger partial charge in [0.2, 0.25) is 6.41 Å². The first-order chi connectivity index (χ1) is 9.13. The Morgan fingerprint density at radius 2 is 2.26 bits per heavy atom. The standard InChI is InChI=1S/C14H19NO4/c1-3-7-15(10-16)13(14(17)18)12-6-4-5-11(8-12)9-19-2/h4-6,8,10,13H,3,7,9H2,1-2H3,(H,17,18). The van der Waals surface area contributed by atoms with E-state index in [4.69, 9.17) is 4.74 Å². The highest BCUT2D eigenvalue weighted by atomic mass is 16.5. The average molecular weight is 265 g/mol. The van der Waals surface area contributed by atoms with E-state index in [0.717, 1.165) is 5.56 Å². The summed E-state index contributed by atoms with van der Waals surface area (Å²) in [6.45, 7) is 2.72. The van der Waals surface area contributed by atoms with Gasteiger partial charge in [-0.2, -0.15) is 0 Å². The Labute approximate surface area is 112 Å². The van der Waals surface area contributed by atoms with Crippen molar-refractivity contribution in [3.05, 3.63) is 35.4 Å². The van der Waals surface area contributed by atoms with Crippen molar-refractivity contribution in [3.63, 3.8) is 0 Å². The summed E-state index contributed by atoms with van der Waals surface area (Å²) in [6.07, 6.45) is 1.30. The summed E-state index contributed by atoms with van der Waals surface area (Å²) >= 11 is 0. The topological polar surface area (TPSA) is 66.8 Å². The molecular formula is C14H19NO4. The molecule has 1 N–H and O–H groups in total. The molecule has 0 fully saturated rings. The summed E-state index contributed by atoms with van der Waals surface area (Å²) in [5.41, 5.74) is 1.47. The number of rotatable bonds is 8. The van der Waals surface area contributed by atoms with Crippen LogP contribution in [0, 0.1) is 0 Å². The maximum absolute atomic E-state index is 11.4. The number of amides is 1. The maximum atomic E-state index is 11.4. The third kappa shape index (κ3) is 4.06. The van der Waals surface area contributed by atoms with Gasteiger partial charge in [0.15, 0.2) is 6.04 Å². The number of carboxylic acid groups (broad SMARTS) is 1. The summed E-state index contributed by atoms with van der Waals surface area (Å²) in [5.74, 6) is -1.03. The molecule has 0 saturated heterocycles. The van der Waals surface area contributed by atoms with E-state index in [1.165, 1.54) is 4.90 Å². The van der Waals surface area contributed by atoms with Gasteiger partial charge in [-0.1, -0.05) is 31.2 Å². The van der Waals surface area contributed by atoms with Crippen LogP contribution in [-0.4, -0.2) is 36.0 Å². The molecule has 1 aromatic carbocycles. The molecule has 0 heterocycles. The minimum absolute atomic E-state index is 0.412. The van der Waals surface area contributed by atoms with E-state index in [9.17, 15) is 14.7 Å². The van der Waals surface area contributed by atoms with Gasteiger partial charge in [0.05, 0.1) is 6.61 Å². The second kappa shape index (κ2) is 7.53. The summed E-state index contributed by atoms with van der Waals surface area (Å²) in [7, 11) is 1.58. The fraction of sp³-hybridized carbons (Fsp3) is 0.429. The highest BCUT2D eigenvalue weighted by molar-refractivity contribution is 5.78. The second-order valence-electron chi connectivity index (χ2n) is 4.26. The van der Waals surface area contributed by atoms with Crippen LogP contribution in [0.5, 0.6) is 0 Å².